The van der Waals surface area contributed by atoms with Gasteiger partial charge in [-0.1, -0.05) is 12.0 Å². The zero-order chi connectivity index (χ0) is 14.9. The van der Waals surface area contributed by atoms with Gasteiger partial charge in [-0.15, -0.1) is 6.42 Å². The van der Waals surface area contributed by atoms with Crippen LogP contribution in [0.15, 0.2) is 24.5 Å². The van der Waals surface area contributed by atoms with E-state index in [1.54, 1.807) is 18.5 Å². The molecule has 0 saturated heterocycles. The molecule has 2 N–H and O–H groups in total. The first kappa shape index (κ1) is 15.4. The third-order valence-electron chi connectivity index (χ3n) is 2.95. The molecular formula is C15H19N3O3. The second-order valence-electron chi connectivity index (χ2n) is 4.73. The zero-order valence-corrected chi connectivity index (χ0v) is 11.7. The minimum Gasteiger partial charge on any atom is -0.366 e. The molecule has 1 aliphatic carbocycles. The normalized spacial score (nSPS) is 15.2. The topological polar surface area (TPSA) is 72.5 Å². The van der Waals surface area contributed by atoms with E-state index in [-0.39, 0.29) is 19.1 Å². The summed E-state index contributed by atoms with van der Waals surface area (Å²) in [5, 5.41) is 3.28. The van der Waals surface area contributed by atoms with Crippen molar-refractivity contribution >= 4 is 5.91 Å². The number of aromatic nitrogens is 1. The Kier molecular flexibility index (Phi) is 6.16. The number of rotatable bonds is 9. The van der Waals surface area contributed by atoms with Crippen LogP contribution in [0.4, 0.5) is 0 Å². The van der Waals surface area contributed by atoms with Crippen molar-refractivity contribution in [2.24, 2.45) is 0 Å². The van der Waals surface area contributed by atoms with Crippen molar-refractivity contribution in [1.82, 2.24) is 15.8 Å². The van der Waals surface area contributed by atoms with Gasteiger partial charge in [0.2, 0.25) is 0 Å². The summed E-state index contributed by atoms with van der Waals surface area (Å²) in [4.78, 5) is 21.3. The van der Waals surface area contributed by atoms with Crippen LogP contribution in [0, 0.1) is 12.3 Å². The monoisotopic (exact) mass is 289 g/mol. The zero-order valence-electron chi connectivity index (χ0n) is 11.7. The summed E-state index contributed by atoms with van der Waals surface area (Å²) in [6.07, 6.45) is 10.6. The molecule has 1 amide bonds. The van der Waals surface area contributed by atoms with E-state index in [4.69, 9.17) is 16.0 Å². The first-order valence-corrected chi connectivity index (χ1v) is 6.90. The molecule has 21 heavy (non-hydrogen) atoms. The van der Waals surface area contributed by atoms with Crippen LogP contribution in [0.2, 0.25) is 0 Å². The number of pyridine rings is 1. The number of hydrogen-bond donors (Lipinski definition) is 2. The molecular weight excluding hydrogens is 270 g/mol. The molecule has 1 aromatic rings. The molecule has 112 valence electrons. The summed E-state index contributed by atoms with van der Waals surface area (Å²) in [7, 11) is 0. The van der Waals surface area contributed by atoms with E-state index < -0.39 is 6.04 Å². The maximum atomic E-state index is 12.2. The largest absolute Gasteiger partial charge is 0.366 e. The summed E-state index contributed by atoms with van der Waals surface area (Å²) in [5.41, 5.74) is 3.24. The molecule has 0 aromatic carbocycles. The number of ether oxygens (including phenoxy) is 1. The van der Waals surface area contributed by atoms with Gasteiger partial charge >= 0.3 is 0 Å². The molecule has 0 radical (unpaired) electrons. The number of hydrogen-bond acceptors (Lipinski definition) is 5. The van der Waals surface area contributed by atoms with Gasteiger partial charge in [-0.05, 0) is 24.5 Å². The van der Waals surface area contributed by atoms with Gasteiger partial charge in [0, 0.05) is 18.4 Å². The third-order valence-corrected chi connectivity index (χ3v) is 2.95. The second kappa shape index (κ2) is 8.37. The quantitative estimate of drug-likeness (QED) is 0.395. The van der Waals surface area contributed by atoms with E-state index in [9.17, 15) is 4.79 Å². The molecule has 1 aliphatic rings. The molecule has 6 heteroatoms. The number of amides is 1. The van der Waals surface area contributed by atoms with Crippen LogP contribution in [-0.2, 0) is 14.4 Å². The Morgan fingerprint density at radius 1 is 1.52 bits per heavy atom. The highest BCUT2D eigenvalue weighted by Crippen LogP contribution is 2.24. The molecule has 1 unspecified atom stereocenters. The predicted octanol–water partition coefficient (Wildman–Crippen LogP) is 0.572. The third kappa shape index (κ3) is 5.52. The van der Waals surface area contributed by atoms with Gasteiger partial charge in [0.15, 0.2) is 0 Å². The molecule has 0 spiro atoms. The predicted molar refractivity (Wildman–Crippen MR) is 76.9 cm³/mol. The van der Waals surface area contributed by atoms with Gasteiger partial charge < -0.3 is 4.74 Å². The lowest BCUT2D eigenvalue weighted by atomic mass is 10.1. The summed E-state index contributed by atoms with van der Waals surface area (Å²) in [6.45, 7) is 0.813. The fourth-order valence-corrected chi connectivity index (χ4v) is 1.77. The Morgan fingerprint density at radius 3 is 3.05 bits per heavy atom. The molecule has 1 saturated carbocycles. The molecule has 2 rings (SSSR count). The number of nitrogens with one attached hydrogen (secondary N) is 2. The number of nitrogens with zero attached hydrogens (tertiary/aromatic N) is 1. The van der Waals surface area contributed by atoms with Gasteiger partial charge in [0.05, 0.1) is 13.2 Å². The molecule has 1 fully saturated rings. The SMILES string of the molecule is C#CCOCCONC(=O)C(NC1CC1)c1cccnc1. The van der Waals surface area contributed by atoms with Gasteiger partial charge in [-0.3, -0.25) is 19.9 Å². The van der Waals surface area contributed by atoms with E-state index in [0.717, 1.165) is 18.4 Å². The highest BCUT2D eigenvalue weighted by molar-refractivity contribution is 5.82. The van der Waals surface area contributed by atoms with Crippen molar-refractivity contribution in [3.8, 4) is 12.3 Å². The smallest absolute Gasteiger partial charge is 0.265 e. The average molecular weight is 289 g/mol. The summed E-state index contributed by atoms with van der Waals surface area (Å²) in [6, 6.07) is 3.60. The van der Waals surface area contributed by atoms with Crippen LogP contribution in [0.25, 0.3) is 0 Å². The van der Waals surface area contributed by atoms with Crippen LogP contribution in [0.3, 0.4) is 0 Å². The first-order chi connectivity index (χ1) is 10.3. The number of carbonyl (C=O) groups excluding carboxylic acids is 1. The number of carbonyl (C=O) groups is 1. The Balaban J connectivity index is 1.79. The van der Waals surface area contributed by atoms with Crippen LogP contribution >= 0.6 is 0 Å². The number of hydroxylamine groups is 1. The highest BCUT2D eigenvalue weighted by Gasteiger charge is 2.29. The Labute approximate surface area is 124 Å². The van der Waals surface area contributed by atoms with Gasteiger partial charge in [-0.2, -0.15) is 0 Å². The fourth-order valence-electron chi connectivity index (χ4n) is 1.77. The lowest BCUT2D eigenvalue weighted by molar-refractivity contribution is -0.137. The van der Waals surface area contributed by atoms with E-state index in [1.807, 2.05) is 6.07 Å². The van der Waals surface area contributed by atoms with E-state index in [2.05, 4.69) is 21.7 Å². The Morgan fingerprint density at radius 2 is 2.38 bits per heavy atom. The van der Waals surface area contributed by atoms with Crippen molar-refractivity contribution in [1.29, 1.82) is 0 Å². The van der Waals surface area contributed by atoms with Crippen molar-refractivity contribution in [3.05, 3.63) is 30.1 Å². The van der Waals surface area contributed by atoms with Crippen LogP contribution in [0.5, 0.6) is 0 Å². The molecule has 0 bridgehead atoms. The lowest BCUT2D eigenvalue weighted by Gasteiger charge is -2.18. The summed E-state index contributed by atoms with van der Waals surface area (Å²) < 4.78 is 5.05. The van der Waals surface area contributed by atoms with Crippen LogP contribution in [-0.4, -0.2) is 36.8 Å². The second-order valence-corrected chi connectivity index (χ2v) is 4.73. The summed E-state index contributed by atoms with van der Waals surface area (Å²) >= 11 is 0. The van der Waals surface area contributed by atoms with Gasteiger partial charge in [0.25, 0.3) is 5.91 Å². The summed E-state index contributed by atoms with van der Waals surface area (Å²) in [5.74, 6) is 2.11. The van der Waals surface area contributed by atoms with E-state index >= 15 is 0 Å². The maximum absolute atomic E-state index is 12.2. The average Bonchev–Trinajstić information content (AvgIpc) is 3.33. The molecule has 0 aliphatic heterocycles. The minimum absolute atomic E-state index is 0.235. The van der Waals surface area contributed by atoms with Crippen LogP contribution in [0.1, 0.15) is 24.4 Å². The van der Waals surface area contributed by atoms with E-state index in [0.29, 0.717) is 12.6 Å². The van der Waals surface area contributed by atoms with Gasteiger partial charge in [0.1, 0.15) is 12.6 Å². The molecule has 1 aromatic heterocycles. The van der Waals surface area contributed by atoms with Crippen molar-refractivity contribution in [2.45, 2.75) is 24.9 Å². The molecule has 1 atom stereocenters. The van der Waals surface area contributed by atoms with Crippen molar-refractivity contribution in [2.75, 3.05) is 19.8 Å². The highest BCUT2D eigenvalue weighted by atomic mass is 16.7. The van der Waals surface area contributed by atoms with Crippen LogP contribution < -0.4 is 10.8 Å². The Hall–Kier alpha value is -1.94. The fraction of sp³-hybridized carbons (Fsp3) is 0.467. The molecule has 6 nitrogen and oxygen atoms in total. The standard InChI is InChI=1S/C15H19N3O3/c1-2-8-20-9-10-21-18-15(19)14(17-13-5-6-13)12-4-3-7-16-11-12/h1,3-4,7,11,13-14,17H,5-6,8-10H2,(H,18,19). The van der Waals surface area contributed by atoms with Crippen molar-refractivity contribution in [3.63, 3.8) is 0 Å². The lowest BCUT2D eigenvalue weighted by Crippen LogP contribution is -2.39. The van der Waals surface area contributed by atoms with Crippen molar-refractivity contribution < 1.29 is 14.4 Å². The first-order valence-electron chi connectivity index (χ1n) is 6.90. The Bertz CT molecular complexity index is 483. The minimum atomic E-state index is -0.460. The number of terminal acetylenes is 1. The molecule has 1 heterocycles. The van der Waals surface area contributed by atoms with E-state index in [1.165, 1.54) is 0 Å². The van der Waals surface area contributed by atoms with Gasteiger partial charge in [-0.25, -0.2) is 5.48 Å². The maximum Gasteiger partial charge on any atom is 0.265 e.